The third-order valence-electron chi connectivity index (χ3n) is 5.62. The van der Waals surface area contributed by atoms with Crippen molar-refractivity contribution in [3.63, 3.8) is 0 Å². The van der Waals surface area contributed by atoms with Gasteiger partial charge >= 0.3 is 11.8 Å². The smallest absolute Gasteiger partial charge is 0.313 e. The van der Waals surface area contributed by atoms with Crippen LogP contribution in [0.1, 0.15) is 22.7 Å². The Morgan fingerprint density at radius 3 is 2.17 bits per heavy atom. The SMILES string of the molecule is Cc1cccc(C)c1NC(=O)C(=O)NC[C@@H](c1ccc(F)cc1)N1CCN(C)CC1. The average Bonchev–Trinajstić information content (AvgIpc) is 2.73. The lowest BCUT2D eigenvalue weighted by Gasteiger charge is -2.38. The number of nitrogens with one attached hydrogen (secondary N) is 2. The molecule has 6 nitrogen and oxygen atoms in total. The van der Waals surface area contributed by atoms with Crippen molar-refractivity contribution in [3.05, 3.63) is 65.0 Å². The van der Waals surface area contributed by atoms with E-state index in [0.717, 1.165) is 42.9 Å². The lowest BCUT2D eigenvalue weighted by Crippen LogP contribution is -2.49. The molecule has 1 heterocycles. The zero-order valence-corrected chi connectivity index (χ0v) is 17.7. The Balaban J connectivity index is 1.67. The molecule has 0 radical (unpaired) electrons. The summed E-state index contributed by atoms with van der Waals surface area (Å²) in [6.45, 7) is 7.55. The maximum absolute atomic E-state index is 13.4. The minimum absolute atomic E-state index is 0.128. The van der Waals surface area contributed by atoms with Gasteiger partial charge in [0.15, 0.2) is 0 Å². The van der Waals surface area contributed by atoms with Gasteiger partial charge in [-0.3, -0.25) is 14.5 Å². The van der Waals surface area contributed by atoms with Crippen molar-refractivity contribution in [2.45, 2.75) is 19.9 Å². The number of benzene rings is 2. The van der Waals surface area contributed by atoms with Gasteiger partial charge in [-0.25, -0.2) is 4.39 Å². The largest absolute Gasteiger partial charge is 0.346 e. The first-order valence-corrected chi connectivity index (χ1v) is 10.2. The van der Waals surface area contributed by atoms with Crippen molar-refractivity contribution in [3.8, 4) is 0 Å². The van der Waals surface area contributed by atoms with Gasteiger partial charge in [-0.15, -0.1) is 0 Å². The molecule has 3 rings (SSSR count). The number of carbonyl (C=O) groups excluding carboxylic acids is 2. The number of likely N-dealkylation sites (N-methyl/N-ethyl adjacent to an activating group) is 1. The molecule has 2 N–H and O–H groups in total. The van der Waals surface area contributed by atoms with Gasteiger partial charge in [0.25, 0.3) is 0 Å². The Bertz CT molecular complexity index is 872. The Kier molecular flexibility index (Phi) is 7.18. The first kappa shape index (κ1) is 21.9. The summed E-state index contributed by atoms with van der Waals surface area (Å²) >= 11 is 0. The molecule has 2 aromatic carbocycles. The molecule has 2 amide bonds. The van der Waals surface area contributed by atoms with Crippen LogP contribution in [0, 0.1) is 19.7 Å². The molecule has 160 valence electrons. The fraction of sp³-hybridized carbons (Fsp3) is 0.391. The van der Waals surface area contributed by atoms with Gasteiger partial charge in [0.1, 0.15) is 5.82 Å². The van der Waals surface area contributed by atoms with Gasteiger partial charge in [0, 0.05) is 38.4 Å². The van der Waals surface area contributed by atoms with Gasteiger partial charge in [0.05, 0.1) is 6.04 Å². The van der Waals surface area contributed by atoms with Crippen molar-refractivity contribution in [1.29, 1.82) is 0 Å². The van der Waals surface area contributed by atoms with E-state index in [-0.39, 0.29) is 18.4 Å². The van der Waals surface area contributed by atoms with Crippen LogP contribution in [0.4, 0.5) is 10.1 Å². The topological polar surface area (TPSA) is 64.7 Å². The molecule has 0 bridgehead atoms. The first-order chi connectivity index (χ1) is 14.3. The van der Waals surface area contributed by atoms with E-state index in [0.29, 0.717) is 5.69 Å². The fourth-order valence-corrected chi connectivity index (χ4v) is 3.73. The van der Waals surface area contributed by atoms with E-state index < -0.39 is 11.8 Å². The molecule has 1 aliphatic rings. The van der Waals surface area contributed by atoms with Crippen molar-refractivity contribution in [2.75, 3.05) is 45.1 Å². The lowest BCUT2D eigenvalue weighted by atomic mass is 10.0. The molecule has 0 saturated carbocycles. The second-order valence-electron chi connectivity index (χ2n) is 7.84. The molecule has 1 saturated heterocycles. The molecule has 0 aliphatic carbocycles. The fourth-order valence-electron chi connectivity index (χ4n) is 3.73. The number of halogens is 1. The molecule has 1 atom stereocenters. The Labute approximate surface area is 177 Å². The van der Waals surface area contributed by atoms with Gasteiger partial charge in [0.2, 0.25) is 0 Å². The first-order valence-electron chi connectivity index (χ1n) is 10.2. The van der Waals surface area contributed by atoms with Gasteiger partial charge in [-0.05, 0) is 49.7 Å². The molecular formula is C23H29FN4O2. The number of hydrogen-bond donors (Lipinski definition) is 2. The lowest BCUT2D eigenvalue weighted by molar-refractivity contribution is -0.136. The maximum Gasteiger partial charge on any atom is 0.313 e. The van der Waals surface area contributed by atoms with Gasteiger partial charge < -0.3 is 15.5 Å². The van der Waals surface area contributed by atoms with Crippen molar-refractivity contribution < 1.29 is 14.0 Å². The zero-order valence-electron chi connectivity index (χ0n) is 17.7. The van der Waals surface area contributed by atoms with Crippen molar-refractivity contribution in [1.82, 2.24) is 15.1 Å². The molecule has 1 fully saturated rings. The predicted molar refractivity (Wildman–Crippen MR) is 116 cm³/mol. The molecule has 0 unspecified atom stereocenters. The van der Waals surface area contributed by atoms with E-state index in [9.17, 15) is 14.0 Å². The number of nitrogens with zero attached hydrogens (tertiary/aromatic N) is 2. The number of aryl methyl sites for hydroxylation is 2. The van der Waals surface area contributed by atoms with Gasteiger partial charge in [-0.2, -0.15) is 0 Å². The van der Waals surface area contributed by atoms with E-state index in [1.807, 2.05) is 32.0 Å². The average molecular weight is 413 g/mol. The number of para-hydroxylation sites is 1. The highest BCUT2D eigenvalue weighted by Crippen LogP contribution is 2.22. The molecule has 1 aliphatic heterocycles. The van der Waals surface area contributed by atoms with Crippen LogP contribution in [0.25, 0.3) is 0 Å². The summed E-state index contributed by atoms with van der Waals surface area (Å²) in [7, 11) is 2.07. The van der Waals surface area contributed by atoms with Crippen LogP contribution in [0.3, 0.4) is 0 Å². The number of amides is 2. The van der Waals surface area contributed by atoms with Crippen LogP contribution < -0.4 is 10.6 Å². The summed E-state index contributed by atoms with van der Waals surface area (Å²) in [4.78, 5) is 29.4. The van der Waals surface area contributed by atoms with Crippen LogP contribution in [0.5, 0.6) is 0 Å². The summed E-state index contributed by atoms with van der Waals surface area (Å²) in [5.41, 5.74) is 3.37. The molecule has 2 aromatic rings. The van der Waals surface area contributed by atoms with E-state index >= 15 is 0 Å². The summed E-state index contributed by atoms with van der Waals surface area (Å²) in [6.07, 6.45) is 0. The number of hydrogen-bond acceptors (Lipinski definition) is 4. The molecule has 0 aromatic heterocycles. The van der Waals surface area contributed by atoms with Crippen LogP contribution >= 0.6 is 0 Å². The van der Waals surface area contributed by atoms with Crippen LogP contribution in [0.2, 0.25) is 0 Å². The van der Waals surface area contributed by atoms with Crippen LogP contribution in [0.15, 0.2) is 42.5 Å². The quantitative estimate of drug-likeness (QED) is 0.741. The third kappa shape index (κ3) is 5.43. The van der Waals surface area contributed by atoms with Gasteiger partial charge in [-0.1, -0.05) is 30.3 Å². The van der Waals surface area contributed by atoms with Crippen molar-refractivity contribution in [2.24, 2.45) is 0 Å². The van der Waals surface area contributed by atoms with E-state index in [1.54, 1.807) is 12.1 Å². The summed E-state index contributed by atoms with van der Waals surface area (Å²) in [5, 5.41) is 5.48. The molecule has 0 spiro atoms. The third-order valence-corrected chi connectivity index (χ3v) is 5.62. The highest BCUT2D eigenvalue weighted by atomic mass is 19.1. The summed E-state index contributed by atoms with van der Waals surface area (Å²) in [5.74, 6) is -1.67. The van der Waals surface area contributed by atoms with E-state index in [2.05, 4.69) is 27.5 Å². The second-order valence-corrected chi connectivity index (χ2v) is 7.84. The molecular weight excluding hydrogens is 383 g/mol. The minimum Gasteiger partial charge on any atom is -0.346 e. The minimum atomic E-state index is -0.691. The Morgan fingerprint density at radius 2 is 1.57 bits per heavy atom. The highest BCUT2D eigenvalue weighted by molar-refractivity contribution is 6.39. The van der Waals surface area contributed by atoms with E-state index in [4.69, 9.17) is 0 Å². The predicted octanol–water partition coefficient (Wildman–Crippen LogP) is 2.49. The Morgan fingerprint density at radius 1 is 0.967 bits per heavy atom. The van der Waals surface area contributed by atoms with Crippen molar-refractivity contribution >= 4 is 17.5 Å². The number of anilines is 1. The number of carbonyl (C=O) groups is 2. The summed E-state index contributed by atoms with van der Waals surface area (Å²) < 4.78 is 13.4. The normalized spacial score (nSPS) is 16.1. The van der Waals surface area contributed by atoms with E-state index in [1.165, 1.54) is 12.1 Å². The van der Waals surface area contributed by atoms with Crippen LogP contribution in [-0.4, -0.2) is 61.4 Å². The molecule has 7 heteroatoms. The number of piperazine rings is 1. The highest BCUT2D eigenvalue weighted by Gasteiger charge is 2.25. The molecule has 30 heavy (non-hydrogen) atoms. The monoisotopic (exact) mass is 412 g/mol. The second kappa shape index (κ2) is 9.82. The summed E-state index contributed by atoms with van der Waals surface area (Å²) in [6, 6.07) is 11.9. The standard InChI is InChI=1S/C23H29FN4O2/c1-16-5-4-6-17(2)21(16)26-23(30)22(29)25-15-20(18-7-9-19(24)10-8-18)28-13-11-27(3)12-14-28/h4-10,20H,11-15H2,1-3H3,(H,25,29)(H,26,30)/t20-/m0/s1. The zero-order chi connectivity index (χ0) is 21.7. The maximum atomic E-state index is 13.4. The Hall–Kier alpha value is -2.77. The number of rotatable bonds is 5. The van der Waals surface area contributed by atoms with Crippen LogP contribution in [-0.2, 0) is 9.59 Å².